The first-order chi connectivity index (χ1) is 16.5. The molecule has 34 heavy (non-hydrogen) atoms. The Balaban J connectivity index is 1.51. The number of hydrogen-bond acceptors (Lipinski definition) is 7. The third-order valence-corrected chi connectivity index (χ3v) is 6.22. The van der Waals surface area contributed by atoms with Crippen LogP contribution in [-0.2, 0) is 4.74 Å². The molecule has 0 aliphatic carbocycles. The smallest absolute Gasteiger partial charge is 0.123 e. The Morgan fingerprint density at radius 3 is 2.74 bits per heavy atom. The van der Waals surface area contributed by atoms with E-state index in [0.29, 0.717) is 18.8 Å². The molecular weight excluding hydrogens is 428 g/mol. The molecule has 0 radical (unpaired) electrons. The highest BCUT2D eigenvalue weighted by molar-refractivity contribution is 5.94. The van der Waals surface area contributed by atoms with Crippen LogP contribution < -0.4 is 9.64 Å². The van der Waals surface area contributed by atoms with E-state index in [1.165, 1.54) is 0 Å². The summed E-state index contributed by atoms with van der Waals surface area (Å²) in [7, 11) is 0. The SMILES string of the molecule is Cc1cnnc(C)c1[C@H](C)Oc1ccc2[nH]nc(-c3cc(C#N)cc(N4CCOCC4)c3)c2c1. The van der Waals surface area contributed by atoms with Gasteiger partial charge >= 0.3 is 0 Å². The first-order valence-electron chi connectivity index (χ1n) is 11.4. The van der Waals surface area contributed by atoms with Crippen LogP contribution in [0.5, 0.6) is 5.75 Å². The van der Waals surface area contributed by atoms with Gasteiger partial charge in [0.2, 0.25) is 0 Å². The molecule has 172 valence electrons. The van der Waals surface area contributed by atoms with E-state index in [0.717, 1.165) is 63.5 Å². The van der Waals surface area contributed by atoms with Crippen LogP contribution in [0.1, 0.15) is 35.4 Å². The van der Waals surface area contributed by atoms with Crippen molar-refractivity contribution >= 4 is 16.6 Å². The molecule has 8 heteroatoms. The monoisotopic (exact) mass is 454 g/mol. The van der Waals surface area contributed by atoms with Crippen LogP contribution >= 0.6 is 0 Å². The van der Waals surface area contributed by atoms with Crippen molar-refractivity contribution in [1.29, 1.82) is 5.26 Å². The summed E-state index contributed by atoms with van der Waals surface area (Å²) in [6, 6.07) is 14.1. The molecular formula is C26H26N6O2. The second-order valence-corrected chi connectivity index (χ2v) is 8.55. The van der Waals surface area contributed by atoms with Crippen molar-refractivity contribution in [1.82, 2.24) is 20.4 Å². The summed E-state index contributed by atoms with van der Waals surface area (Å²) >= 11 is 0. The third kappa shape index (κ3) is 4.18. The fourth-order valence-corrected chi connectivity index (χ4v) is 4.59. The summed E-state index contributed by atoms with van der Waals surface area (Å²) in [6.07, 6.45) is 1.58. The largest absolute Gasteiger partial charge is 0.486 e. The fourth-order valence-electron chi connectivity index (χ4n) is 4.59. The summed E-state index contributed by atoms with van der Waals surface area (Å²) < 4.78 is 11.8. The van der Waals surface area contributed by atoms with Gasteiger partial charge in [0.15, 0.2) is 0 Å². The van der Waals surface area contributed by atoms with Crippen molar-refractivity contribution in [2.24, 2.45) is 0 Å². The molecule has 5 rings (SSSR count). The number of morpholine rings is 1. The highest BCUT2D eigenvalue weighted by Gasteiger charge is 2.18. The van der Waals surface area contributed by atoms with E-state index in [4.69, 9.17) is 9.47 Å². The summed E-state index contributed by atoms with van der Waals surface area (Å²) in [4.78, 5) is 2.24. The molecule has 0 saturated carbocycles. The molecule has 1 saturated heterocycles. The molecule has 4 aromatic rings. The zero-order valence-corrected chi connectivity index (χ0v) is 19.5. The molecule has 8 nitrogen and oxygen atoms in total. The van der Waals surface area contributed by atoms with Gasteiger partial charge < -0.3 is 14.4 Å². The van der Waals surface area contributed by atoms with Crippen LogP contribution in [0.2, 0.25) is 0 Å². The maximum Gasteiger partial charge on any atom is 0.123 e. The van der Waals surface area contributed by atoms with Crippen LogP contribution in [0.25, 0.3) is 22.2 Å². The highest BCUT2D eigenvalue weighted by atomic mass is 16.5. The second-order valence-electron chi connectivity index (χ2n) is 8.55. The number of H-pyrrole nitrogens is 1. The van der Waals surface area contributed by atoms with Crippen LogP contribution in [0, 0.1) is 25.2 Å². The van der Waals surface area contributed by atoms with Crippen LogP contribution in [0.4, 0.5) is 5.69 Å². The number of fused-ring (bicyclic) bond motifs is 1. The van der Waals surface area contributed by atoms with Gasteiger partial charge in [0, 0.05) is 35.3 Å². The predicted molar refractivity (Wildman–Crippen MR) is 130 cm³/mol. The quantitative estimate of drug-likeness (QED) is 0.474. The number of ether oxygens (including phenoxy) is 2. The Bertz CT molecular complexity index is 1360. The molecule has 0 amide bonds. The van der Waals surface area contributed by atoms with Crippen LogP contribution in [-0.4, -0.2) is 46.7 Å². The Morgan fingerprint density at radius 1 is 1.15 bits per heavy atom. The molecule has 0 bridgehead atoms. The van der Waals surface area contributed by atoms with Crippen molar-refractivity contribution in [2.75, 3.05) is 31.2 Å². The van der Waals surface area contributed by atoms with Crippen LogP contribution in [0.15, 0.2) is 42.6 Å². The summed E-state index contributed by atoms with van der Waals surface area (Å²) in [5.74, 6) is 0.739. The van der Waals surface area contributed by atoms with Gasteiger partial charge in [-0.2, -0.15) is 20.6 Å². The number of benzene rings is 2. The summed E-state index contributed by atoms with van der Waals surface area (Å²) in [5.41, 5.74) is 7.15. The lowest BCUT2D eigenvalue weighted by atomic mass is 10.0. The van der Waals surface area contributed by atoms with E-state index in [2.05, 4.69) is 37.4 Å². The molecule has 1 N–H and O–H groups in total. The normalized spacial score (nSPS) is 14.7. The number of nitrogens with one attached hydrogen (secondary N) is 1. The van der Waals surface area contributed by atoms with Crippen molar-refractivity contribution in [2.45, 2.75) is 26.9 Å². The standard InChI is InChI=1S/C26H26N6O2/c1-16-15-28-29-17(2)25(16)18(3)34-22-4-5-24-23(13-22)26(31-30-24)20-10-19(14-27)11-21(12-20)32-6-8-33-9-7-32/h4-5,10-13,15,18H,6-9H2,1-3H3,(H,30,31)/t18-/m0/s1. The zero-order valence-electron chi connectivity index (χ0n) is 19.5. The van der Waals surface area contributed by atoms with E-state index in [-0.39, 0.29) is 6.10 Å². The van der Waals surface area contributed by atoms with Gasteiger partial charge in [0.1, 0.15) is 17.5 Å². The van der Waals surface area contributed by atoms with Gasteiger partial charge in [-0.15, -0.1) is 0 Å². The molecule has 0 unspecified atom stereocenters. The Labute approximate surface area is 198 Å². The Hall–Kier alpha value is -3.96. The second kappa shape index (κ2) is 9.12. The van der Waals surface area contributed by atoms with E-state index in [9.17, 15) is 5.26 Å². The van der Waals surface area contributed by atoms with Gasteiger partial charge in [-0.25, -0.2) is 0 Å². The van der Waals surface area contributed by atoms with E-state index < -0.39 is 0 Å². The van der Waals surface area contributed by atoms with Gasteiger partial charge in [0.25, 0.3) is 0 Å². The number of rotatable bonds is 5. The molecule has 1 fully saturated rings. The maximum absolute atomic E-state index is 9.64. The minimum Gasteiger partial charge on any atom is -0.486 e. The average Bonchev–Trinajstić information content (AvgIpc) is 3.27. The lowest BCUT2D eigenvalue weighted by Crippen LogP contribution is -2.36. The first-order valence-corrected chi connectivity index (χ1v) is 11.4. The fraction of sp³-hybridized carbons (Fsp3) is 0.308. The lowest BCUT2D eigenvalue weighted by Gasteiger charge is -2.29. The highest BCUT2D eigenvalue weighted by Crippen LogP contribution is 2.34. The van der Waals surface area contributed by atoms with E-state index in [1.807, 2.05) is 51.1 Å². The first kappa shape index (κ1) is 21.9. The minimum absolute atomic E-state index is 0.182. The predicted octanol–water partition coefficient (Wildman–Crippen LogP) is 4.49. The summed E-state index contributed by atoms with van der Waals surface area (Å²) in [6.45, 7) is 8.94. The maximum atomic E-state index is 9.64. The number of anilines is 1. The third-order valence-electron chi connectivity index (χ3n) is 6.22. The summed E-state index contributed by atoms with van der Waals surface area (Å²) in [5, 5.41) is 26.5. The lowest BCUT2D eigenvalue weighted by molar-refractivity contribution is 0.122. The van der Waals surface area contributed by atoms with E-state index in [1.54, 1.807) is 6.20 Å². The van der Waals surface area contributed by atoms with Crippen molar-refractivity contribution in [3.63, 3.8) is 0 Å². The molecule has 1 atom stereocenters. The number of aromatic amines is 1. The number of aromatic nitrogens is 4. The number of nitriles is 1. The van der Waals surface area contributed by atoms with Gasteiger partial charge in [-0.3, -0.25) is 5.10 Å². The number of nitrogens with zero attached hydrogens (tertiary/aromatic N) is 5. The zero-order chi connectivity index (χ0) is 23.7. The van der Waals surface area contributed by atoms with Gasteiger partial charge in [0.05, 0.1) is 42.3 Å². The average molecular weight is 455 g/mol. The number of hydrogen-bond donors (Lipinski definition) is 1. The van der Waals surface area contributed by atoms with Crippen molar-refractivity contribution in [3.05, 3.63) is 65.0 Å². The Morgan fingerprint density at radius 2 is 1.97 bits per heavy atom. The van der Waals surface area contributed by atoms with Crippen molar-refractivity contribution in [3.8, 4) is 23.1 Å². The van der Waals surface area contributed by atoms with Gasteiger partial charge in [-0.05, 0) is 62.7 Å². The molecule has 1 aliphatic heterocycles. The van der Waals surface area contributed by atoms with Gasteiger partial charge in [-0.1, -0.05) is 0 Å². The number of aryl methyl sites for hydroxylation is 2. The van der Waals surface area contributed by atoms with E-state index >= 15 is 0 Å². The molecule has 0 spiro atoms. The Kier molecular flexibility index (Phi) is 5.86. The minimum atomic E-state index is -0.182. The topological polar surface area (TPSA) is 100.0 Å². The molecule has 3 heterocycles. The van der Waals surface area contributed by atoms with Crippen LogP contribution in [0.3, 0.4) is 0 Å². The molecule has 2 aromatic heterocycles. The van der Waals surface area contributed by atoms with Crippen molar-refractivity contribution < 1.29 is 9.47 Å². The molecule has 1 aliphatic rings. The molecule has 2 aromatic carbocycles.